The summed E-state index contributed by atoms with van der Waals surface area (Å²) in [6, 6.07) is 2.53. The van der Waals surface area contributed by atoms with Crippen molar-refractivity contribution in [1.29, 1.82) is 0 Å². The molecule has 0 amide bonds. The topological polar surface area (TPSA) is 30.5 Å². The predicted molar refractivity (Wildman–Crippen MR) is 70.3 cm³/mol. The van der Waals surface area contributed by atoms with Gasteiger partial charge in [-0.25, -0.2) is 8.78 Å². The van der Waals surface area contributed by atoms with Gasteiger partial charge in [0.25, 0.3) is 0 Å². The second-order valence-corrected chi connectivity index (χ2v) is 5.23. The number of benzene rings is 1. The van der Waals surface area contributed by atoms with Gasteiger partial charge in [0, 0.05) is 6.54 Å². The quantitative estimate of drug-likeness (QED) is 0.808. The van der Waals surface area contributed by atoms with Crippen molar-refractivity contribution >= 4 is 0 Å². The molecular weight excluding hydrogens is 252 g/mol. The summed E-state index contributed by atoms with van der Waals surface area (Å²) < 4.78 is 37.8. The molecule has 0 fully saturated rings. The lowest BCUT2D eigenvalue weighted by atomic mass is 10.2. The minimum atomic E-state index is -0.694. The molecule has 0 heterocycles. The number of hydrogen-bond acceptors (Lipinski definition) is 3. The average molecular weight is 273 g/mol. The van der Waals surface area contributed by atoms with E-state index in [1.165, 1.54) is 12.1 Å². The Morgan fingerprint density at radius 1 is 1.11 bits per heavy atom. The lowest BCUT2D eigenvalue weighted by Crippen LogP contribution is -2.22. The smallest absolute Gasteiger partial charge is 0.190 e. The number of rotatable bonds is 6. The van der Waals surface area contributed by atoms with Crippen LogP contribution < -0.4 is 10.1 Å². The van der Waals surface area contributed by atoms with Crippen LogP contribution in [0.4, 0.5) is 8.78 Å². The third-order valence-corrected chi connectivity index (χ3v) is 2.30. The van der Waals surface area contributed by atoms with Gasteiger partial charge in [-0.3, -0.25) is 0 Å². The lowest BCUT2D eigenvalue weighted by molar-refractivity contribution is -0.0170. The Hall–Kier alpha value is -1.20. The fourth-order valence-corrected chi connectivity index (χ4v) is 1.55. The Morgan fingerprint density at radius 3 is 2.16 bits per heavy atom. The highest BCUT2D eigenvalue weighted by Crippen LogP contribution is 2.23. The van der Waals surface area contributed by atoms with Crippen LogP contribution in [0.25, 0.3) is 0 Å². The first kappa shape index (κ1) is 15.9. The molecule has 0 aromatic heterocycles. The molecule has 1 aromatic rings. The Balaban J connectivity index is 2.59. The second kappa shape index (κ2) is 6.82. The second-order valence-electron chi connectivity index (χ2n) is 5.23. The van der Waals surface area contributed by atoms with Crippen molar-refractivity contribution in [3.8, 4) is 5.75 Å². The Kier molecular flexibility index (Phi) is 5.69. The Bertz CT molecular complexity index is 393. The van der Waals surface area contributed by atoms with E-state index < -0.39 is 11.6 Å². The summed E-state index contributed by atoms with van der Waals surface area (Å²) in [5, 5.41) is 2.83. The van der Waals surface area contributed by atoms with Gasteiger partial charge in [-0.1, -0.05) is 0 Å². The SMILES string of the molecule is CNCc1cc(F)c(OCCOC(C)(C)C)c(F)c1. The summed E-state index contributed by atoms with van der Waals surface area (Å²) in [5.41, 5.74) is 0.243. The maximum atomic E-state index is 13.7. The van der Waals surface area contributed by atoms with Crippen LogP contribution in [0.1, 0.15) is 26.3 Å². The minimum absolute atomic E-state index is 0.108. The molecule has 0 aliphatic rings. The third-order valence-electron chi connectivity index (χ3n) is 2.30. The van der Waals surface area contributed by atoms with Crippen LogP contribution in [-0.2, 0) is 11.3 Å². The van der Waals surface area contributed by atoms with E-state index in [1.807, 2.05) is 20.8 Å². The third kappa shape index (κ3) is 5.53. The maximum absolute atomic E-state index is 13.7. The van der Waals surface area contributed by atoms with Crippen molar-refractivity contribution in [2.45, 2.75) is 32.9 Å². The van der Waals surface area contributed by atoms with Gasteiger partial charge in [0.2, 0.25) is 0 Å². The van der Waals surface area contributed by atoms with Gasteiger partial charge < -0.3 is 14.8 Å². The summed E-state index contributed by atoms with van der Waals surface area (Å²) in [6.07, 6.45) is 0. The van der Waals surface area contributed by atoms with Crippen molar-refractivity contribution < 1.29 is 18.3 Å². The number of nitrogens with one attached hydrogen (secondary N) is 1. The van der Waals surface area contributed by atoms with Crippen molar-refractivity contribution in [1.82, 2.24) is 5.32 Å². The molecule has 3 nitrogen and oxygen atoms in total. The van der Waals surface area contributed by atoms with Crippen LogP contribution in [0.5, 0.6) is 5.75 Å². The van der Waals surface area contributed by atoms with E-state index in [1.54, 1.807) is 7.05 Å². The van der Waals surface area contributed by atoms with E-state index in [0.717, 1.165) is 0 Å². The number of hydrogen-bond donors (Lipinski definition) is 1. The molecule has 0 radical (unpaired) electrons. The zero-order valence-corrected chi connectivity index (χ0v) is 11.8. The van der Waals surface area contributed by atoms with Crippen LogP contribution in [-0.4, -0.2) is 25.9 Å². The van der Waals surface area contributed by atoms with E-state index in [0.29, 0.717) is 12.1 Å². The van der Waals surface area contributed by atoms with Gasteiger partial charge in [0.1, 0.15) is 6.61 Å². The molecule has 1 N–H and O–H groups in total. The summed E-state index contributed by atoms with van der Waals surface area (Å²) in [6.45, 7) is 6.50. The van der Waals surface area contributed by atoms with Gasteiger partial charge >= 0.3 is 0 Å². The molecule has 0 aliphatic carbocycles. The summed E-state index contributed by atoms with van der Waals surface area (Å²) in [5.74, 6) is -1.74. The normalized spacial score (nSPS) is 11.7. The van der Waals surface area contributed by atoms with Gasteiger partial charge in [-0.15, -0.1) is 0 Å². The molecule has 1 rings (SSSR count). The minimum Gasteiger partial charge on any atom is -0.485 e. The summed E-state index contributed by atoms with van der Waals surface area (Å²) >= 11 is 0. The van der Waals surface area contributed by atoms with Crippen molar-refractivity contribution in [3.05, 3.63) is 29.3 Å². The Labute approximate surface area is 112 Å². The summed E-state index contributed by atoms with van der Waals surface area (Å²) in [7, 11) is 1.71. The maximum Gasteiger partial charge on any atom is 0.190 e. The molecule has 0 saturated heterocycles. The van der Waals surface area contributed by atoms with E-state index in [-0.39, 0.29) is 24.6 Å². The van der Waals surface area contributed by atoms with E-state index in [2.05, 4.69) is 5.32 Å². The van der Waals surface area contributed by atoms with E-state index >= 15 is 0 Å². The molecule has 0 bridgehead atoms. The first-order valence-corrected chi connectivity index (χ1v) is 6.23. The molecule has 0 aliphatic heterocycles. The molecule has 5 heteroatoms. The van der Waals surface area contributed by atoms with Crippen LogP contribution in [0.15, 0.2) is 12.1 Å². The molecule has 19 heavy (non-hydrogen) atoms. The Morgan fingerprint density at radius 2 is 1.68 bits per heavy atom. The zero-order valence-electron chi connectivity index (χ0n) is 11.8. The zero-order chi connectivity index (χ0) is 14.5. The predicted octanol–water partition coefficient (Wildman–Crippen LogP) is 2.88. The van der Waals surface area contributed by atoms with Crippen molar-refractivity contribution in [3.63, 3.8) is 0 Å². The molecular formula is C14H21F2NO2. The molecule has 0 spiro atoms. The van der Waals surface area contributed by atoms with Crippen LogP contribution in [0, 0.1) is 11.6 Å². The van der Waals surface area contributed by atoms with Gasteiger partial charge in [0.05, 0.1) is 12.2 Å². The molecule has 0 saturated carbocycles. The highest BCUT2D eigenvalue weighted by molar-refractivity contribution is 5.31. The molecule has 108 valence electrons. The molecule has 0 unspecified atom stereocenters. The fourth-order valence-electron chi connectivity index (χ4n) is 1.55. The van der Waals surface area contributed by atoms with Crippen LogP contribution in [0.2, 0.25) is 0 Å². The number of halogens is 2. The largest absolute Gasteiger partial charge is 0.485 e. The highest BCUT2D eigenvalue weighted by atomic mass is 19.1. The first-order valence-electron chi connectivity index (χ1n) is 6.23. The standard InChI is InChI=1S/C14H21F2NO2/c1-14(2,3)19-6-5-18-13-11(15)7-10(9-17-4)8-12(13)16/h7-8,17H,5-6,9H2,1-4H3. The van der Waals surface area contributed by atoms with Crippen molar-refractivity contribution in [2.75, 3.05) is 20.3 Å². The first-order chi connectivity index (χ1) is 8.83. The van der Waals surface area contributed by atoms with Crippen molar-refractivity contribution in [2.24, 2.45) is 0 Å². The van der Waals surface area contributed by atoms with Gasteiger partial charge in [-0.2, -0.15) is 0 Å². The average Bonchev–Trinajstić information content (AvgIpc) is 2.26. The van der Waals surface area contributed by atoms with Gasteiger partial charge in [-0.05, 0) is 45.5 Å². The van der Waals surface area contributed by atoms with Crippen LogP contribution in [0.3, 0.4) is 0 Å². The highest BCUT2D eigenvalue weighted by Gasteiger charge is 2.14. The van der Waals surface area contributed by atoms with Gasteiger partial charge in [0.15, 0.2) is 17.4 Å². The number of ether oxygens (including phenoxy) is 2. The fraction of sp³-hybridized carbons (Fsp3) is 0.571. The van der Waals surface area contributed by atoms with E-state index in [9.17, 15) is 8.78 Å². The molecule has 0 atom stereocenters. The summed E-state index contributed by atoms with van der Waals surface area (Å²) in [4.78, 5) is 0. The van der Waals surface area contributed by atoms with Crippen LogP contribution >= 0.6 is 0 Å². The van der Waals surface area contributed by atoms with E-state index in [4.69, 9.17) is 9.47 Å². The molecule has 1 aromatic carbocycles. The lowest BCUT2D eigenvalue weighted by Gasteiger charge is -2.19. The monoisotopic (exact) mass is 273 g/mol.